The molecule has 1 saturated heterocycles. The zero-order valence-electron chi connectivity index (χ0n) is 14.6. The summed E-state index contributed by atoms with van der Waals surface area (Å²) in [4.78, 5) is 15.5. The summed E-state index contributed by atoms with van der Waals surface area (Å²) in [5, 5.41) is 2.79. The van der Waals surface area contributed by atoms with Crippen LogP contribution in [0.25, 0.3) is 6.08 Å². The summed E-state index contributed by atoms with van der Waals surface area (Å²) in [6, 6.07) is 1.86. The standard InChI is InChI=1S/C16H23BBrN3O3/c1-10(22)20-8-12(6-11-7-13(18)9-21-14(11)19)17-23-15(2,3)16(4,5)24-17/h6-7,9H,8H2,1-5H3,(H2,19,21)(H,20,22). The molecule has 0 saturated carbocycles. The lowest BCUT2D eigenvalue weighted by Gasteiger charge is -2.32. The van der Waals surface area contributed by atoms with Gasteiger partial charge in [-0.3, -0.25) is 4.79 Å². The Bertz CT molecular complexity index is 661. The topological polar surface area (TPSA) is 86.5 Å². The van der Waals surface area contributed by atoms with E-state index >= 15 is 0 Å². The molecule has 0 radical (unpaired) electrons. The fourth-order valence-electron chi connectivity index (χ4n) is 2.20. The molecule has 0 spiro atoms. The fourth-order valence-corrected chi connectivity index (χ4v) is 2.55. The number of carbonyl (C=O) groups excluding carboxylic acids is 1. The van der Waals surface area contributed by atoms with Gasteiger partial charge in [0, 0.05) is 29.7 Å². The molecule has 24 heavy (non-hydrogen) atoms. The Morgan fingerprint density at radius 2 is 1.96 bits per heavy atom. The molecular weight excluding hydrogens is 373 g/mol. The van der Waals surface area contributed by atoms with Crippen LogP contribution in [0.1, 0.15) is 40.2 Å². The van der Waals surface area contributed by atoms with Crippen LogP contribution in [0.4, 0.5) is 5.82 Å². The number of hydrogen-bond donors (Lipinski definition) is 2. The Morgan fingerprint density at radius 1 is 1.38 bits per heavy atom. The summed E-state index contributed by atoms with van der Waals surface area (Å²) in [6.07, 6.45) is 3.49. The zero-order valence-corrected chi connectivity index (χ0v) is 16.2. The van der Waals surface area contributed by atoms with E-state index < -0.39 is 18.3 Å². The van der Waals surface area contributed by atoms with E-state index in [0.29, 0.717) is 12.4 Å². The second-order valence-corrected chi connectivity index (χ2v) is 7.76. The second-order valence-electron chi connectivity index (χ2n) is 6.85. The van der Waals surface area contributed by atoms with Crippen molar-refractivity contribution in [2.75, 3.05) is 12.3 Å². The molecule has 2 rings (SSSR count). The molecule has 1 fully saturated rings. The SMILES string of the molecule is CC(=O)NCC(=Cc1cc(Br)cnc1N)B1OC(C)(C)C(C)(C)O1. The molecule has 0 bridgehead atoms. The number of aromatic nitrogens is 1. The molecule has 1 aromatic heterocycles. The van der Waals surface area contributed by atoms with Gasteiger partial charge in [-0.05, 0) is 55.2 Å². The monoisotopic (exact) mass is 395 g/mol. The van der Waals surface area contributed by atoms with Crippen molar-refractivity contribution >= 4 is 40.8 Å². The molecular formula is C16H23BBrN3O3. The molecule has 1 amide bonds. The van der Waals surface area contributed by atoms with Gasteiger partial charge in [0.15, 0.2) is 0 Å². The Kier molecular flexibility index (Phi) is 5.42. The molecule has 0 atom stereocenters. The van der Waals surface area contributed by atoms with Gasteiger partial charge in [0.05, 0.1) is 11.2 Å². The predicted molar refractivity (Wildman–Crippen MR) is 99.1 cm³/mol. The van der Waals surface area contributed by atoms with Gasteiger partial charge in [0.25, 0.3) is 0 Å². The minimum atomic E-state index is -0.569. The predicted octanol–water partition coefficient (Wildman–Crippen LogP) is 2.58. The largest absolute Gasteiger partial charge is 0.492 e. The highest BCUT2D eigenvalue weighted by Gasteiger charge is 2.52. The lowest BCUT2D eigenvalue weighted by molar-refractivity contribution is -0.118. The van der Waals surface area contributed by atoms with E-state index in [9.17, 15) is 4.79 Å². The van der Waals surface area contributed by atoms with Crippen LogP contribution >= 0.6 is 15.9 Å². The minimum Gasteiger partial charge on any atom is -0.400 e. The highest BCUT2D eigenvalue weighted by atomic mass is 79.9. The number of amides is 1. The summed E-state index contributed by atoms with van der Waals surface area (Å²) >= 11 is 3.39. The number of nitrogens with zero attached hydrogens (tertiary/aromatic N) is 1. The van der Waals surface area contributed by atoms with Crippen LogP contribution in [0.5, 0.6) is 0 Å². The second kappa shape index (κ2) is 6.86. The van der Waals surface area contributed by atoms with Crippen molar-refractivity contribution in [1.82, 2.24) is 10.3 Å². The Morgan fingerprint density at radius 3 is 2.50 bits per heavy atom. The minimum absolute atomic E-state index is 0.127. The van der Waals surface area contributed by atoms with Crippen LogP contribution in [0.2, 0.25) is 0 Å². The van der Waals surface area contributed by atoms with Crippen molar-refractivity contribution < 1.29 is 14.1 Å². The number of hydrogen-bond acceptors (Lipinski definition) is 5. The molecule has 130 valence electrons. The van der Waals surface area contributed by atoms with E-state index in [2.05, 4.69) is 26.2 Å². The van der Waals surface area contributed by atoms with Gasteiger partial charge < -0.3 is 20.4 Å². The summed E-state index contributed by atoms with van der Waals surface area (Å²) in [6.45, 7) is 9.71. The average Bonchev–Trinajstić information content (AvgIpc) is 2.66. The molecule has 1 aromatic rings. The Labute approximate surface area is 151 Å². The van der Waals surface area contributed by atoms with Gasteiger partial charge in [0.2, 0.25) is 5.91 Å². The van der Waals surface area contributed by atoms with Crippen molar-refractivity contribution in [3.63, 3.8) is 0 Å². The van der Waals surface area contributed by atoms with Crippen molar-refractivity contribution in [2.24, 2.45) is 0 Å². The first kappa shape index (κ1) is 19.0. The smallest absolute Gasteiger partial charge is 0.400 e. The van der Waals surface area contributed by atoms with Gasteiger partial charge >= 0.3 is 7.12 Å². The van der Waals surface area contributed by atoms with Crippen LogP contribution in [0, 0.1) is 0 Å². The number of rotatable bonds is 4. The van der Waals surface area contributed by atoms with Crippen molar-refractivity contribution in [3.8, 4) is 0 Å². The number of carbonyl (C=O) groups is 1. The number of nitrogens with two attached hydrogens (primary N) is 1. The number of nitrogens with one attached hydrogen (secondary N) is 1. The summed E-state index contributed by atoms with van der Waals surface area (Å²) in [5.41, 5.74) is 6.53. The molecule has 1 aliphatic rings. The van der Waals surface area contributed by atoms with Crippen LogP contribution in [0.15, 0.2) is 22.2 Å². The molecule has 0 unspecified atom stereocenters. The number of anilines is 1. The lowest BCUT2D eigenvalue weighted by atomic mass is 9.77. The van der Waals surface area contributed by atoms with Gasteiger partial charge in [-0.2, -0.15) is 0 Å². The van der Waals surface area contributed by atoms with Crippen LogP contribution in [0.3, 0.4) is 0 Å². The maximum atomic E-state index is 11.3. The third-order valence-corrected chi connectivity index (χ3v) is 4.79. The highest BCUT2D eigenvalue weighted by molar-refractivity contribution is 9.10. The molecule has 3 N–H and O–H groups in total. The highest BCUT2D eigenvalue weighted by Crippen LogP contribution is 2.38. The van der Waals surface area contributed by atoms with Gasteiger partial charge in [-0.25, -0.2) is 4.98 Å². The van der Waals surface area contributed by atoms with E-state index in [4.69, 9.17) is 15.0 Å². The summed E-state index contributed by atoms with van der Waals surface area (Å²) in [7, 11) is -0.569. The molecule has 0 aromatic carbocycles. The van der Waals surface area contributed by atoms with E-state index in [1.807, 2.05) is 39.8 Å². The quantitative estimate of drug-likeness (QED) is 0.765. The van der Waals surface area contributed by atoms with Crippen LogP contribution < -0.4 is 11.1 Å². The first-order valence-electron chi connectivity index (χ1n) is 7.73. The van der Waals surface area contributed by atoms with Crippen molar-refractivity contribution in [3.05, 3.63) is 27.8 Å². The van der Waals surface area contributed by atoms with E-state index in [-0.39, 0.29) is 5.91 Å². The number of pyridine rings is 1. The van der Waals surface area contributed by atoms with Gasteiger partial charge in [0.1, 0.15) is 5.82 Å². The Hall–Kier alpha value is -1.38. The first-order chi connectivity index (χ1) is 11.0. The van der Waals surface area contributed by atoms with E-state index in [1.165, 1.54) is 6.92 Å². The van der Waals surface area contributed by atoms with Crippen molar-refractivity contribution in [1.29, 1.82) is 0 Å². The summed E-state index contributed by atoms with van der Waals surface area (Å²) < 4.78 is 13.0. The number of halogens is 1. The summed E-state index contributed by atoms with van der Waals surface area (Å²) in [5.74, 6) is 0.271. The normalized spacial score (nSPS) is 19.4. The molecule has 2 heterocycles. The molecule has 1 aliphatic heterocycles. The maximum Gasteiger partial charge on any atom is 0.492 e. The third kappa shape index (κ3) is 4.17. The average molecular weight is 396 g/mol. The Balaban J connectivity index is 2.37. The maximum absolute atomic E-state index is 11.3. The van der Waals surface area contributed by atoms with Gasteiger partial charge in [-0.1, -0.05) is 6.08 Å². The first-order valence-corrected chi connectivity index (χ1v) is 8.53. The molecule has 8 heteroatoms. The lowest BCUT2D eigenvalue weighted by Crippen LogP contribution is -2.41. The fraction of sp³-hybridized carbons (Fsp3) is 0.500. The van der Waals surface area contributed by atoms with Crippen LogP contribution in [-0.4, -0.2) is 35.8 Å². The van der Waals surface area contributed by atoms with Crippen LogP contribution in [-0.2, 0) is 14.1 Å². The third-order valence-electron chi connectivity index (χ3n) is 4.35. The van der Waals surface area contributed by atoms with E-state index in [1.54, 1.807) is 6.20 Å². The zero-order chi connectivity index (χ0) is 18.1. The van der Waals surface area contributed by atoms with Crippen molar-refractivity contribution in [2.45, 2.75) is 45.8 Å². The number of nitrogen functional groups attached to an aromatic ring is 1. The van der Waals surface area contributed by atoms with E-state index in [0.717, 1.165) is 15.5 Å². The molecule has 6 nitrogen and oxygen atoms in total. The van der Waals surface area contributed by atoms with Gasteiger partial charge in [-0.15, -0.1) is 0 Å². The molecule has 0 aliphatic carbocycles.